The number of primary amides is 1. The Hall–Kier alpha value is -5.88. The molecule has 0 aliphatic carbocycles. The molecule has 2 aromatic carbocycles. The zero-order valence-corrected chi connectivity index (χ0v) is 28.1. The number of hydrogen-bond acceptors (Lipinski definition) is 11. The SMILES string of the molecule is CCn1cc(C(=O)O)c(=O)c2cc(F)c(N3CCN(C(=O)OCc4ccc(NC(=O)C(CCCNC(N)=O)N(N)/C=C(\N)CN)cc4)CC3)cc21. The number of carboxylic acid groups (broad SMARTS) is 1. The molecule has 18 heteroatoms. The van der Waals surface area contributed by atoms with E-state index in [9.17, 15) is 29.1 Å². The number of hydrazine groups is 1. The number of anilines is 2. The fraction of sp³-hybridized carbons (Fsp3) is 0.364. The van der Waals surface area contributed by atoms with Gasteiger partial charge in [-0.05, 0) is 49.6 Å². The Morgan fingerprint density at radius 1 is 1.10 bits per heavy atom. The van der Waals surface area contributed by atoms with Gasteiger partial charge in [-0.25, -0.2) is 24.6 Å². The average Bonchev–Trinajstić information content (AvgIpc) is 3.10. The number of rotatable bonds is 14. The lowest BCUT2D eigenvalue weighted by Gasteiger charge is -2.35. The second kappa shape index (κ2) is 17.2. The van der Waals surface area contributed by atoms with Gasteiger partial charge in [-0.1, -0.05) is 12.1 Å². The number of amides is 4. The van der Waals surface area contributed by atoms with Crippen molar-refractivity contribution in [3.63, 3.8) is 0 Å². The molecule has 274 valence electrons. The van der Waals surface area contributed by atoms with Gasteiger partial charge in [0.1, 0.15) is 24.0 Å². The van der Waals surface area contributed by atoms with Crippen LogP contribution in [0.2, 0.25) is 0 Å². The number of nitrogens with one attached hydrogen (secondary N) is 2. The quantitative estimate of drug-likeness (QED) is 0.0703. The summed E-state index contributed by atoms with van der Waals surface area (Å²) in [5.41, 5.74) is 17.3. The Labute approximate surface area is 292 Å². The van der Waals surface area contributed by atoms with Crippen LogP contribution in [0.1, 0.15) is 35.7 Å². The van der Waals surface area contributed by atoms with Crippen molar-refractivity contribution in [1.82, 2.24) is 19.8 Å². The van der Waals surface area contributed by atoms with Crippen molar-refractivity contribution >= 4 is 46.3 Å². The Kier molecular flexibility index (Phi) is 12.8. The predicted molar refractivity (Wildman–Crippen MR) is 188 cm³/mol. The predicted octanol–water partition coefficient (Wildman–Crippen LogP) is 1.01. The molecule has 4 amide bonds. The van der Waals surface area contributed by atoms with Gasteiger partial charge >= 0.3 is 18.1 Å². The third-order valence-corrected chi connectivity index (χ3v) is 8.35. The van der Waals surface area contributed by atoms with Crippen molar-refractivity contribution in [3.8, 4) is 0 Å². The van der Waals surface area contributed by atoms with Crippen LogP contribution < -0.4 is 44.0 Å². The first-order valence-corrected chi connectivity index (χ1v) is 16.2. The highest BCUT2D eigenvalue weighted by molar-refractivity contribution is 5.95. The minimum absolute atomic E-state index is 0.0186. The summed E-state index contributed by atoms with van der Waals surface area (Å²) in [6.45, 7) is 3.52. The van der Waals surface area contributed by atoms with E-state index in [1.807, 2.05) is 0 Å². The van der Waals surface area contributed by atoms with Crippen molar-refractivity contribution in [2.75, 3.05) is 49.5 Å². The number of carboxylic acids is 1. The summed E-state index contributed by atoms with van der Waals surface area (Å²) >= 11 is 0. The fourth-order valence-corrected chi connectivity index (χ4v) is 5.59. The molecule has 51 heavy (non-hydrogen) atoms. The number of nitrogens with zero attached hydrogens (tertiary/aromatic N) is 4. The molecular formula is C33H43FN10O7. The van der Waals surface area contributed by atoms with Crippen LogP contribution in [0.3, 0.4) is 0 Å². The number of hydrogen-bond donors (Lipinski definition) is 7. The Morgan fingerprint density at radius 2 is 1.78 bits per heavy atom. The van der Waals surface area contributed by atoms with Crippen molar-refractivity contribution < 1.29 is 33.4 Å². The van der Waals surface area contributed by atoms with E-state index in [2.05, 4.69) is 10.6 Å². The molecule has 2 heterocycles. The summed E-state index contributed by atoms with van der Waals surface area (Å²) in [6.07, 6.45) is 2.76. The summed E-state index contributed by atoms with van der Waals surface area (Å²) in [5, 5.41) is 15.8. The number of aromatic carboxylic acids is 1. The molecule has 1 saturated heterocycles. The third kappa shape index (κ3) is 9.64. The average molecular weight is 711 g/mol. The summed E-state index contributed by atoms with van der Waals surface area (Å²) < 4.78 is 22.3. The topological polar surface area (TPSA) is 258 Å². The standard InChI is InChI=1S/C33H43FN10O7/c1-2-41-18-24(31(47)48)29(45)23-14-25(34)28(15-27(23)41)42-10-12-43(13-11-42)33(50)51-19-20-5-7-22(8-6-20)40-30(46)26(4-3-9-39-32(37)49)44(38)17-21(36)16-35/h5-8,14-15,17-18,26H,2-4,9-13,16,19,35-36,38H2,1H3,(H,40,46)(H,47,48)(H3,37,39,49)/b21-17-. The van der Waals surface area contributed by atoms with E-state index in [1.165, 1.54) is 23.4 Å². The van der Waals surface area contributed by atoms with Crippen LogP contribution >= 0.6 is 0 Å². The third-order valence-electron chi connectivity index (χ3n) is 8.35. The molecule has 1 atom stereocenters. The van der Waals surface area contributed by atoms with E-state index in [-0.39, 0.29) is 56.0 Å². The van der Waals surface area contributed by atoms with Crippen LogP contribution in [0.25, 0.3) is 10.9 Å². The number of nitrogens with two attached hydrogens (primary N) is 4. The molecule has 1 unspecified atom stereocenters. The van der Waals surface area contributed by atoms with Crippen LogP contribution in [-0.4, -0.2) is 88.9 Å². The molecule has 1 aliphatic heterocycles. The minimum Gasteiger partial charge on any atom is -0.477 e. The normalized spacial score (nSPS) is 13.8. The zero-order valence-electron chi connectivity index (χ0n) is 28.1. The fourth-order valence-electron chi connectivity index (χ4n) is 5.59. The number of carbonyl (C=O) groups excluding carboxylic acids is 3. The number of aromatic nitrogens is 1. The molecular weight excluding hydrogens is 667 g/mol. The maximum Gasteiger partial charge on any atom is 0.410 e. The Morgan fingerprint density at radius 3 is 2.39 bits per heavy atom. The Balaban J connectivity index is 1.32. The van der Waals surface area contributed by atoms with Gasteiger partial charge in [-0.15, -0.1) is 0 Å². The van der Waals surface area contributed by atoms with Crippen LogP contribution in [0, 0.1) is 5.82 Å². The number of benzene rings is 2. The number of halogens is 1. The van der Waals surface area contributed by atoms with Gasteiger partial charge in [-0.2, -0.15) is 0 Å². The van der Waals surface area contributed by atoms with Gasteiger partial charge in [0.25, 0.3) is 0 Å². The first kappa shape index (κ1) is 37.9. The van der Waals surface area contributed by atoms with Crippen molar-refractivity contribution in [3.05, 3.63) is 81.7 Å². The highest BCUT2D eigenvalue weighted by Gasteiger charge is 2.26. The van der Waals surface area contributed by atoms with Gasteiger partial charge in [0.2, 0.25) is 11.3 Å². The molecule has 0 radical (unpaired) electrons. The van der Waals surface area contributed by atoms with Crippen LogP contribution in [0.5, 0.6) is 0 Å². The molecule has 1 aromatic heterocycles. The van der Waals surface area contributed by atoms with Crippen molar-refractivity contribution in [1.29, 1.82) is 0 Å². The van der Waals surface area contributed by atoms with E-state index in [1.54, 1.807) is 40.7 Å². The molecule has 0 spiro atoms. The van der Waals surface area contributed by atoms with Crippen LogP contribution in [0.4, 0.5) is 25.4 Å². The summed E-state index contributed by atoms with van der Waals surface area (Å²) in [7, 11) is 0. The molecule has 1 fully saturated rings. The summed E-state index contributed by atoms with van der Waals surface area (Å²) in [6, 6.07) is 7.76. The number of pyridine rings is 1. The van der Waals surface area contributed by atoms with Crippen molar-refractivity contribution in [2.24, 2.45) is 23.0 Å². The Bertz CT molecular complexity index is 1840. The molecule has 1 aliphatic rings. The zero-order chi connectivity index (χ0) is 37.2. The van der Waals surface area contributed by atoms with E-state index >= 15 is 4.39 Å². The molecule has 17 nitrogen and oxygen atoms in total. The maximum atomic E-state index is 15.2. The van der Waals surface area contributed by atoms with Crippen LogP contribution in [0.15, 0.2) is 59.3 Å². The lowest BCUT2D eigenvalue weighted by Crippen LogP contribution is -2.49. The highest BCUT2D eigenvalue weighted by atomic mass is 19.1. The van der Waals surface area contributed by atoms with Gasteiger partial charge in [-0.3, -0.25) is 9.59 Å². The van der Waals surface area contributed by atoms with E-state index in [0.29, 0.717) is 42.8 Å². The molecule has 4 rings (SSSR count). The molecule has 3 aromatic rings. The number of piperazine rings is 1. The molecule has 0 saturated carbocycles. The number of urea groups is 1. The lowest BCUT2D eigenvalue weighted by molar-refractivity contribution is -0.120. The molecule has 0 bridgehead atoms. The van der Waals surface area contributed by atoms with Crippen molar-refractivity contribution in [2.45, 2.75) is 39.0 Å². The van der Waals surface area contributed by atoms with Crippen LogP contribution in [-0.2, 0) is 22.7 Å². The second-order valence-electron chi connectivity index (χ2n) is 11.8. The lowest BCUT2D eigenvalue weighted by atomic mass is 10.1. The number of carbonyl (C=O) groups is 4. The van der Waals surface area contributed by atoms with Gasteiger partial charge in [0, 0.05) is 75.0 Å². The smallest absolute Gasteiger partial charge is 0.410 e. The first-order chi connectivity index (χ1) is 24.3. The maximum absolute atomic E-state index is 15.2. The second-order valence-corrected chi connectivity index (χ2v) is 11.8. The number of aryl methyl sites for hydroxylation is 1. The molecule has 11 N–H and O–H groups in total. The van der Waals surface area contributed by atoms with E-state index in [4.69, 9.17) is 27.8 Å². The first-order valence-electron chi connectivity index (χ1n) is 16.2. The van der Waals surface area contributed by atoms with E-state index in [0.717, 1.165) is 11.1 Å². The van der Waals surface area contributed by atoms with Gasteiger partial charge < -0.3 is 57.1 Å². The monoisotopic (exact) mass is 710 g/mol. The summed E-state index contributed by atoms with van der Waals surface area (Å²) in [4.78, 5) is 64.4. The number of ether oxygens (including phenoxy) is 1. The largest absolute Gasteiger partial charge is 0.477 e. The highest BCUT2D eigenvalue weighted by Crippen LogP contribution is 2.27. The number of fused-ring (bicyclic) bond motifs is 1. The minimum atomic E-state index is -1.38. The van der Waals surface area contributed by atoms with Gasteiger partial charge in [0.15, 0.2) is 0 Å². The summed E-state index contributed by atoms with van der Waals surface area (Å²) in [5.74, 6) is 3.62. The van der Waals surface area contributed by atoms with E-state index < -0.39 is 46.9 Å². The van der Waals surface area contributed by atoms with Gasteiger partial charge in [0.05, 0.1) is 11.2 Å².